The number of hydrogen-bond donors (Lipinski definition) is 0. The number of pyridine rings is 1. The van der Waals surface area contributed by atoms with Crippen molar-refractivity contribution in [3.63, 3.8) is 0 Å². The molecule has 4 heterocycles. The zero-order valence-corrected chi connectivity index (χ0v) is 34.3. The SMILES string of the molecule is Cc1cc(Oc2[c-]c3c(cc2)c2ccccc2n3-c2ncc(C)c(-n3c4c(C)c(C)ccc4c4ccc(C)c(C)c43)c2C)[c-]c(-n2nc(C)cc2C)c1.[Pt+2]. The molecule has 9 aromatic rings. The van der Waals surface area contributed by atoms with E-state index in [1.54, 1.807) is 0 Å². The van der Waals surface area contributed by atoms with Crippen LogP contribution in [-0.4, -0.2) is 23.9 Å². The molecule has 0 atom stereocenters. The summed E-state index contributed by atoms with van der Waals surface area (Å²) in [5.41, 5.74) is 16.9. The predicted molar refractivity (Wildman–Crippen MR) is 217 cm³/mol. The van der Waals surface area contributed by atoms with Gasteiger partial charge in [-0.05, 0) is 106 Å². The molecule has 6 nitrogen and oxygen atoms in total. The van der Waals surface area contributed by atoms with Crippen molar-refractivity contribution in [1.29, 1.82) is 0 Å². The Morgan fingerprint density at radius 2 is 1.26 bits per heavy atom. The van der Waals surface area contributed by atoms with Crippen LogP contribution in [0.4, 0.5) is 0 Å². The molecule has 0 bridgehead atoms. The van der Waals surface area contributed by atoms with E-state index in [-0.39, 0.29) is 21.1 Å². The van der Waals surface area contributed by atoms with Gasteiger partial charge in [0, 0.05) is 45.2 Å². The minimum Gasteiger partial charge on any atom is -0.509 e. The van der Waals surface area contributed by atoms with Gasteiger partial charge in [0.2, 0.25) is 0 Å². The number of para-hydroxylation sites is 1. The van der Waals surface area contributed by atoms with Gasteiger partial charge < -0.3 is 13.9 Å². The smallest absolute Gasteiger partial charge is 0.509 e. The Labute approximate surface area is 330 Å². The normalized spacial score (nSPS) is 11.6. The monoisotopic (exact) mass is 886 g/mol. The second-order valence-corrected chi connectivity index (χ2v) is 14.7. The average Bonchev–Trinajstić information content (AvgIpc) is 3.76. The number of fused-ring (bicyclic) bond motifs is 6. The van der Waals surface area contributed by atoms with Crippen LogP contribution in [0.25, 0.3) is 60.8 Å². The second-order valence-electron chi connectivity index (χ2n) is 14.7. The van der Waals surface area contributed by atoms with Crippen molar-refractivity contribution < 1.29 is 25.8 Å². The molecule has 0 aliphatic heterocycles. The molecular formula is C47H41N5OPt. The summed E-state index contributed by atoms with van der Waals surface area (Å²) in [6, 6.07) is 35.0. The molecule has 0 N–H and O–H groups in total. The fourth-order valence-corrected chi connectivity index (χ4v) is 8.21. The van der Waals surface area contributed by atoms with E-state index in [0.717, 1.165) is 67.1 Å². The van der Waals surface area contributed by atoms with Crippen molar-refractivity contribution in [3.8, 4) is 28.7 Å². The van der Waals surface area contributed by atoms with Crippen LogP contribution >= 0.6 is 0 Å². The second kappa shape index (κ2) is 13.1. The molecule has 0 saturated carbocycles. The van der Waals surface area contributed by atoms with E-state index < -0.39 is 0 Å². The van der Waals surface area contributed by atoms with Gasteiger partial charge in [0.25, 0.3) is 0 Å². The molecule has 0 saturated heterocycles. The van der Waals surface area contributed by atoms with Gasteiger partial charge >= 0.3 is 21.1 Å². The Balaban J connectivity index is 0.00000413. The minimum absolute atomic E-state index is 0. The van der Waals surface area contributed by atoms with Crippen LogP contribution in [0.1, 0.15) is 50.3 Å². The minimum atomic E-state index is 0. The third-order valence-electron chi connectivity index (χ3n) is 11.0. The number of rotatable bonds is 5. The van der Waals surface area contributed by atoms with E-state index in [0.29, 0.717) is 11.5 Å². The van der Waals surface area contributed by atoms with Crippen molar-refractivity contribution in [2.45, 2.75) is 62.3 Å². The van der Waals surface area contributed by atoms with E-state index >= 15 is 0 Å². The third kappa shape index (κ3) is 5.41. The standard InChI is InChI=1S/C47H41N5O.Pt/c1-26-20-35(52-31(6)22-30(5)49-52)23-37(21-26)53-36-16-19-39-38-12-10-11-13-42(38)50(43(39)24-36)47-34(9)44(29(4)25-48-47)51-45-32(7)27(2)14-17-40(45)41-18-15-28(3)33(8)46(41)51;/h10-22,25H,1-9H3;/q-2;+2. The molecule has 0 radical (unpaired) electrons. The number of nitrogens with zero attached hydrogens (tertiary/aromatic N) is 5. The van der Waals surface area contributed by atoms with Gasteiger partial charge in [-0.25, -0.2) is 4.98 Å². The Kier molecular flexibility index (Phi) is 8.66. The Hall–Kier alpha value is -5.45. The maximum atomic E-state index is 6.55. The summed E-state index contributed by atoms with van der Waals surface area (Å²) in [7, 11) is 0. The topological polar surface area (TPSA) is 49.8 Å². The number of ether oxygens (including phenoxy) is 1. The van der Waals surface area contributed by atoms with Crippen molar-refractivity contribution >= 4 is 43.6 Å². The summed E-state index contributed by atoms with van der Waals surface area (Å²) in [4.78, 5) is 5.18. The summed E-state index contributed by atoms with van der Waals surface area (Å²) in [6.45, 7) is 19.4. The van der Waals surface area contributed by atoms with Crippen LogP contribution in [-0.2, 0) is 21.1 Å². The van der Waals surface area contributed by atoms with Crippen molar-refractivity contribution in [2.24, 2.45) is 0 Å². The molecule has 0 aliphatic rings. The van der Waals surface area contributed by atoms with Crippen molar-refractivity contribution in [2.75, 3.05) is 0 Å². The molecule has 9 rings (SSSR count). The predicted octanol–water partition coefficient (Wildman–Crippen LogP) is 11.6. The van der Waals surface area contributed by atoms with Gasteiger partial charge in [0.15, 0.2) is 0 Å². The quantitative estimate of drug-likeness (QED) is 0.162. The fraction of sp³-hybridized carbons (Fsp3) is 0.191. The maximum absolute atomic E-state index is 6.55. The Morgan fingerprint density at radius 3 is 1.93 bits per heavy atom. The van der Waals surface area contributed by atoms with Crippen LogP contribution < -0.4 is 4.74 Å². The maximum Gasteiger partial charge on any atom is 2.00 e. The first-order valence-corrected chi connectivity index (χ1v) is 18.2. The van der Waals surface area contributed by atoms with Gasteiger partial charge in [-0.1, -0.05) is 54.9 Å². The molecular weight excluding hydrogens is 846 g/mol. The molecule has 4 aromatic heterocycles. The summed E-state index contributed by atoms with van der Waals surface area (Å²) in [6.07, 6.45) is 2.02. The van der Waals surface area contributed by atoms with Gasteiger partial charge in [-0.2, -0.15) is 16.7 Å². The van der Waals surface area contributed by atoms with Gasteiger partial charge in [-0.3, -0.25) is 4.68 Å². The van der Waals surface area contributed by atoms with Gasteiger partial charge in [0.1, 0.15) is 5.82 Å². The summed E-state index contributed by atoms with van der Waals surface area (Å²) < 4.78 is 13.2. The van der Waals surface area contributed by atoms with E-state index in [2.05, 4.69) is 148 Å². The first-order chi connectivity index (χ1) is 25.5. The summed E-state index contributed by atoms with van der Waals surface area (Å²) in [5, 5.41) is 9.44. The fourth-order valence-electron chi connectivity index (χ4n) is 8.21. The molecule has 0 unspecified atom stereocenters. The first kappa shape index (κ1) is 35.6. The van der Waals surface area contributed by atoms with Gasteiger partial charge in [-0.15, -0.1) is 35.7 Å². The molecule has 0 spiro atoms. The Morgan fingerprint density at radius 1 is 0.593 bits per heavy atom. The third-order valence-corrected chi connectivity index (χ3v) is 11.0. The van der Waals surface area contributed by atoms with Crippen LogP contribution in [0.3, 0.4) is 0 Å². The zero-order chi connectivity index (χ0) is 36.9. The van der Waals surface area contributed by atoms with Gasteiger partial charge in [0.05, 0.1) is 22.4 Å². The van der Waals surface area contributed by atoms with E-state index in [1.807, 2.05) is 29.9 Å². The molecule has 0 aliphatic carbocycles. The summed E-state index contributed by atoms with van der Waals surface area (Å²) in [5.74, 6) is 2.08. The number of hydrogen-bond acceptors (Lipinski definition) is 3. The zero-order valence-electron chi connectivity index (χ0n) is 32.0. The Bertz CT molecular complexity index is 2910. The molecule has 7 heteroatoms. The van der Waals surface area contributed by atoms with E-state index in [9.17, 15) is 0 Å². The number of aryl methyl sites for hydroxylation is 8. The van der Waals surface area contributed by atoms with Crippen LogP contribution in [0, 0.1) is 74.4 Å². The molecule has 54 heavy (non-hydrogen) atoms. The molecule has 5 aromatic carbocycles. The molecule has 0 fully saturated rings. The number of aromatic nitrogens is 5. The first-order valence-electron chi connectivity index (χ1n) is 18.2. The average molecular weight is 887 g/mol. The number of benzene rings is 5. The van der Waals surface area contributed by atoms with Crippen LogP contribution in [0.5, 0.6) is 11.5 Å². The van der Waals surface area contributed by atoms with Crippen LogP contribution in [0.15, 0.2) is 85.1 Å². The largest absolute Gasteiger partial charge is 2.00 e. The molecule has 270 valence electrons. The van der Waals surface area contributed by atoms with Crippen molar-refractivity contribution in [1.82, 2.24) is 23.9 Å². The van der Waals surface area contributed by atoms with Crippen molar-refractivity contribution in [3.05, 3.63) is 148 Å². The van der Waals surface area contributed by atoms with E-state index in [4.69, 9.17) is 9.72 Å². The summed E-state index contributed by atoms with van der Waals surface area (Å²) >= 11 is 0. The van der Waals surface area contributed by atoms with E-state index in [1.165, 1.54) is 44.1 Å². The molecule has 0 amide bonds. The van der Waals surface area contributed by atoms with Crippen LogP contribution in [0.2, 0.25) is 0 Å².